The first-order chi connectivity index (χ1) is 13.5. The molecule has 8 nitrogen and oxygen atoms in total. The lowest BCUT2D eigenvalue weighted by Crippen LogP contribution is -2.24. The number of benzene rings is 1. The van der Waals surface area contributed by atoms with E-state index in [2.05, 4.69) is 35.7 Å². The Balaban J connectivity index is 1.52. The lowest BCUT2D eigenvalue weighted by atomic mass is 10.2. The first kappa shape index (κ1) is 18.8. The maximum atomic E-state index is 12.7. The van der Waals surface area contributed by atoms with Crippen molar-refractivity contribution in [2.75, 3.05) is 5.32 Å². The Morgan fingerprint density at radius 2 is 2.04 bits per heavy atom. The van der Waals surface area contributed by atoms with Gasteiger partial charge >= 0.3 is 0 Å². The van der Waals surface area contributed by atoms with E-state index in [1.54, 1.807) is 0 Å². The van der Waals surface area contributed by atoms with Gasteiger partial charge in [-0.3, -0.25) is 10.1 Å². The molecule has 0 unspecified atom stereocenters. The number of carbonyl (C=O) groups excluding carboxylic acids is 1. The second-order valence-corrected chi connectivity index (χ2v) is 8.75. The van der Waals surface area contributed by atoms with Crippen molar-refractivity contribution in [3.63, 3.8) is 0 Å². The van der Waals surface area contributed by atoms with Gasteiger partial charge in [0.1, 0.15) is 10.5 Å². The Kier molecular flexibility index (Phi) is 5.23. The third-order valence-corrected chi connectivity index (χ3v) is 6.53. The summed E-state index contributed by atoms with van der Waals surface area (Å²) in [4.78, 5) is 20.4. The zero-order valence-electron chi connectivity index (χ0n) is 15.6. The normalized spacial score (nSPS) is 12.7. The number of nitrogens with zero attached hydrogens (tertiary/aromatic N) is 5. The number of aromatic nitrogens is 6. The van der Waals surface area contributed by atoms with Gasteiger partial charge < -0.3 is 4.98 Å². The number of para-hydroxylation sites is 1. The summed E-state index contributed by atoms with van der Waals surface area (Å²) in [5, 5.41) is 22.0. The smallest absolute Gasteiger partial charge is 0.239 e. The van der Waals surface area contributed by atoms with Crippen LogP contribution in [0.1, 0.15) is 38.1 Å². The summed E-state index contributed by atoms with van der Waals surface area (Å²) >= 11 is 2.69. The van der Waals surface area contributed by atoms with Crippen LogP contribution in [0.3, 0.4) is 0 Å². The number of fused-ring (bicyclic) bond motifs is 3. The number of hydrogen-bond acceptors (Lipinski definition) is 8. The van der Waals surface area contributed by atoms with Gasteiger partial charge in [0.25, 0.3) is 0 Å². The Hall–Kier alpha value is -2.59. The van der Waals surface area contributed by atoms with Crippen LogP contribution < -0.4 is 5.32 Å². The van der Waals surface area contributed by atoms with E-state index in [1.807, 2.05) is 45.0 Å². The van der Waals surface area contributed by atoms with Crippen molar-refractivity contribution < 1.29 is 4.79 Å². The number of nitrogens with one attached hydrogen (secondary N) is 2. The minimum Gasteiger partial charge on any atom is -0.338 e. The number of anilines is 1. The molecule has 3 aromatic heterocycles. The molecule has 28 heavy (non-hydrogen) atoms. The fourth-order valence-corrected chi connectivity index (χ4v) is 4.28. The molecule has 0 radical (unpaired) electrons. The molecule has 10 heteroatoms. The molecule has 1 amide bonds. The third kappa shape index (κ3) is 3.69. The number of thioether (sulfide) groups is 1. The van der Waals surface area contributed by atoms with Crippen LogP contribution in [0.15, 0.2) is 29.4 Å². The van der Waals surface area contributed by atoms with Gasteiger partial charge in [-0.25, -0.2) is 4.98 Å². The van der Waals surface area contributed by atoms with Crippen molar-refractivity contribution in [3.05, 3.63) is 29.3 Å². The second-order valence-electron chi connectivity index (χ2n) is 6.57. The molecule has 0 aliphatic carbocycles. The lowest BCUT2D eigenvalue weighted by molar-refractivity contribution is -0.115. The van der Waals surface area contributed by atoms with Crippen LogP contribution in [0.25, 0.3) is 22.1 Å². The highest BCUT2D eigenvalue weighted by Gasteiger charge is 2.22. The molecule has 0 aliphatic rings. The minimum atomic E-state index is -0.352. The van der Waals surface area contributed by atoms with Crippen LogP contribution in [0.5, 0.6) is 0 Å². The van der Waals surface area contributed by atoms with Crippen molar-refractivity contribution >= 4 is 56.2 Å². The Morgan fingerprint density at radius 3 is 2.79 bits per heavy atom. The van der Waals surface area contributed by atoms with Crippen molar-refractivity contribution in [1.82, 2.24) is 30.4 Å². The fourth-order valence-electron chi connectivity index (χ4n) is 2.71. The second kappa shape index (κ2) is 7.80. The van der Waals surface area contributed by atoms with Crippen molar-refractivity contribution in [2.45, 2.75) is 43.5 Å². The van der Waals surface area contributed by atoms with E-state index in [0.29, 0.717) is 22.4 Å². The van der Waals surface area contributed by atoms with Gasteiger partial charge in [-0.2, -0.15) is 0 Å². The van der Waals surface area contributed by atoms with E-state index < -0.39 is 0 Å². The molecular formula is C18H19N7OS2. The molecule has 0 bridgehead atoms. The first-order valence-electron chi connectivity index (χ1n) is 8.97. The van der Waals surface area contributed by atoms with Gasteiger partial charge in [0.2, 0.25) is 16.2 Å². The summed E-state index contributed by atoms with van der Waals surface area (Å²) in [6.45, 7) is 6.04. The molecule has 1 aromatic carbocycles. The molecule has 0 fully saturated rings. The minimum absolute atomic E-state index is 0.140. The van der Waals surface area contributed by atoms with E-state index in [-0.39, 0.29) is 17.1 Å². The summed E-state index contributed by atoms with van der Waals surface area (Å²) < 4.78 is 0. The maximum absolute atomic E-state index is 12.7. The number of H-pyrrole nitrogens is 1. The topological polar surface area (TPSA) is 109 Å². The van der Waals surface area contributed by atoms with Gasteiger partial charge in [0, 0.05) is 16.8 Å². The van der Waals surface area contributed by atoms with Crippen LogP contribution in [0, 0.1) is 0 Å². The maximum Gasteiger partial charge on any atom is 0.239 e. The first-order valence-corrected chi connectivity index (χ1v) is 10.7. The molecule has 4 rings (SSSR count). The van der Waals surface area contributed by atoms with Gasteiger partial charge in [-0.1, -0.05) is 62.1 Å². The standard InChI is InChI=1S/C18H19N7OS2/c1-4-12(15(26)21-18-25-23-16(28-18)9(2)3)27-17-20-14-13(22-24-17)10-7-5-6-8-11(10)19-14/h5-9,12H,4H2,1-3H3,(H,19,20,24)(H,21,25,26)/t12-/m1/s1. The van der Waals surface area contributed by atoms with Gasteiger partial charge in [-0.05, 0) is 12.5 Å². The molecule has 4 aromatic rings. The zero-order chi connectivity index (χ0) is 19.7. The quantitative estimate of drug-likeness (QED) is 0.460. The van der Waals surface area contributed by atoms with Crippen molar-refractivity contribution in [2.24, 2.45) is 0 Å². The fraction of sp³-hybridized carbons (Fsp3) is 0.333. The summed E-state index contributed by atoms with van der Waals surface area (Å²) in [5.41, 5.74) is 2.36. The average Bonchev–Trinajstić information content (AvgIpc) is 3.30. The lowest BCUT2D eigenvalue weighted by Gasteiger charge is -2.11. The molecule has 2 N–H and O–H groups in total. The molecular weight excluding hydrogens is 394 g/mol. The number of rotatable bonds is 6. The summed E-state index contributed by atoms with van der Waals surface area (Å²) in [5.74, 6) is 0.140. The van der Waals surface area contributed by atoms with Crippen molar-refractivity contribution in [3.8, 4) is 0 Å². The molecule has 0 spiro atoms. The van der Waals surface area contributed by atoms with E-state index in [9.17, 15) is 4.79 Å². The average molecular weight is 414 g/mol. The monoisotopic (exact) mass is 413 g/mol. The largest absolute Gasteiger partial charge is 0.338 e. The van der Waals surface area contributed by atoms with E-state index in [1.165, 1.54) is 23.1 Å². The van der Waals surface area contributed by atoms with Gasteiger partial charge in [0.15, 0.2) is 5.65 Å². The van der Waals surface area contributed by atoms with Gasteiger partial charge in [-0.15, -0.1) is 20.4 Å². The summed E-state index contributed by atoms with van der Waals surface area (Å²) in [7, 11) is 0. The molecule has 3 heterocycles. The highest BCUT2D eigenvalue weighted by Crippen LogP contribution is 2.28. The molecule has 0 saturated heterocycles. The Morgan fingerprint density at radius 1 is 1.21 bits per heavy atom. The summed E-state index contributed by atoms with van der Waals surface area (Å²) in [6, 6.07) is 7.86. The van der Waals surface area contributed by atoms with E-state index in [0.717, 1.165) is 21.4 Å². The van der Waals surface area contributed by atoms with Crippen LogP contribution in [0.4, 0.5) is 5.13 Å². The highest BCUT2D eigenvalue weighted by atomic mass is 32.2. The Labute approximate surface area is 169 Å². The predicted octanol–water partition coefficient (Wildman–Crippen LogP) is 3.99. The van der Waals surface area contributed by atoms with E-state index >= 15 is 0 Å². The van der Waals surface area contributed by atoms with Gasteiger partial charge in [0.05, 0.1) is 5.25 Å². The summed E-state index contributed by atoms with van der Waals surface area (Å²) in [6.07, 6.45) is 0.625. The van der Waals surface area contributed by atoms with Crippen LogP contribution in [-0.2, 0) is 4.79 Å². The van der Waals surface area contributed by atoms with Crippen LogP contribution in [0.2, 0.25) is 0 Å². The molecule has 144 valence electrons. The van der Waals surface area contributed by atoms with Crippen LogP contribution >= 0.6 is 23.1 Å². The van der Waals surface area contributed by atoms with Crippen molar-refractivity contribution in [1.29, 1.82) is 0 Å². The SMILES string of the molecule is CC[C@@H](Sc1nnc2c(n1)[nH]c1ccccc12)C(=O)Nc1nnc(C(C)C)s1. The van der Waals surface area contributed by atoms with Crippen LogP contribution in [-0.4, -0.2) is 41.5 Å². The predicted molar refractivity (Wildman–Crippen MR) is 112 cm³/mol. The highest BCUT2D eigenvalue weighted by molar-refractivity contribution is 8.00. The molecule has 1 atom stereocenters. The Bertz CT molecular complexity index is 1140. The number of aromatic amines is 1. The zero-order valence-corrected chi connectivity index (χ0v) is 17.3. The molecule has 0 saturated carbocycles. The number of carbonyl (C=O) groups is 1. The number of amides is 1. The molecule has 0 aliphatic heterocycles. The third-order valence-electron chi connectivity index (χ3n) is 4.18. The van der Waals surface area contributed by atoms with E-state index in [4.69, 9.17) is 0 Å². The number of hydrogen-bond donors (Lipinski definition) is 2.